The van der Waals surface area contributed by atoms with Gasteiger partial charge in [-0.25, -0.2) is 9.37 Å². The minimum absolute atomic E-state index is 0.156. The summed E-state index contributed by atoms with van der Waals surface area (Å²) in [6, 6.07) is 5.99. The lowest BCUT2D eigenvalue weighted by atomic mass is 10.3. The van der Waals surface area contributed by atoms with Gasteiger partial charge in [-0.2, -0.15) is 0 Å². The Morgan fingerprint density at radius 1 is 1.44 bits per heavy atom. The van der Waals surface area contributed by atoms with Gasteiger partial charge in [0, 0.05) is 24.3 Å². The van der Waals surface area contributed by atoms with Crippen LogP contribution in [0.15, 0.2) is 35.8 Å². The Labute approximate surface area is 108 Å². The molecule has 0 aliphatic heterocycles. The van der Waals surface area contributed by atoms with E-state index in [9.17, 15) is 9.18 Å². The maximum absolute atomic E-state index is 12.8. The molecule has 2 aromatic rings. The molecule has 18 heavy (non-hydrogen) atoms. The molecular weight excluding hydrogens is 253 g/mol. The largest absolute Gasteiger partial charge is 0.365 e. The molecule has 1 aromatic carbocycles. The minimum atomic E-state index is -0.292. The van der Waals surface area contributed by atoms with Crippen LogP contribution in [0.2, 0.25) is 0 Å². The molecule has 0 spiro atoms. The second-order valence-corrected chi connectivity index (χ2v) is 4.61. The van der Waals surface area contributed by atoms with Gasteiger partial charge < -0.3 is 10.2 Å². The van der Waals surface area contributed by atoms with Crippen LogP contribution in [0.25, 0.3) is 0 Å². The Bertz CT molecular complexity index is 513. The SMILES string of the molecule is CN(CC(=O)Nc1nccs1)c1ccc(F)cc1. The molecule has 4 nitrogen and oxygen atoms in total. The second kappa shape index (κ2) is 5.59. The van der Waals surface area contributed by atoms with Crippen molar-refractivity contribution in [3.8, 4) is 0 Å². The number of hydrogen-bond acceptors (Lipinski definition) is 4. The first-order valence-corrected chi connectivity index (χ1v) is 6.19. The molecule has 6 heteroatoms. The molecule has 0 saturated heterocycles. The first-order chi connectivity index (χ1) is 8.65. The van der Waals surface area contributed by atoms with Gasteiger partial charge in [-0.1, -0.05) is 0 Å². The minimum Gasteiger partial charge on any atom is -0.365 e. The summed E-state index contributed by atoms with van der Waals surface area (Å²) in [5.41, 5.74) is 0.783. The summed E-state index contributed by atoms with van der Waals surface area (Å²) in [4.78, 5) is 17.4. The maximum Gasteiger partial charge on any atom is 0.245 e. The number of halogens is 1. The van der Waals surface area contributed by atoms with Crippen molar-refractivity contribution in [1.29, 1.82) is 0 Å². The molecule has 94 valence electrons. The van der Waals surface area contributed by atoms with Gasteiger partial charge in [0.15, 0.2) is 5.13 Å². The van der Waals surface area contributed by atoms with Gasteiger partial charge >= 0.3 is 0 Å². The number of hydrogen-bond donors (Lipinski definition) is 1. The zero-order chi connectivity index (χ0) is 13.0. The van der Waals surface area contributed by atoms with Gasteiger partial charge in [-0.3, -0.25) is 4.79 Å². The van der Waals surface area contributed by atoms with Gasteiger partial charge in [-0.05, 0) is 24.3 Å². The number of thiazole rings is 1. The number of likely N-dealkylation sites (N-methyl/N-ethyl adjacent to an activating group) is 1. The number of carbonyl (C=O) groups excluding carboxylic acids is 1. The highest BCUT2D eigenvalue weighted by Crippen LogP contribution is 2.14. The van der Waals surface area contributed by atoms with Crippen LogP contribution in [0.1, 0.15) is 0 Å². The molecule has 0 aliphatic rings. The van der Waals surface area contributed by atoms with Gasteiger partial charge in [0.2, 0.25) is 5.91 Å². The van der Waals surface area contributed by atoms with Crippen LogP contribution >= 0.6 is 11.3 Å². The number of amides is 1. The number of anilines is 2. The van der Waals surface area contributed by atoms with Gasteiger partial charge in [0.1, 0.15) is 5.82 Å². The highest BCUT2D eigenvalue weighted by molar-refractivity contribution is 7.13. The number of rotatable bonds is 4. The molecule has 0 saturated carbocycles. The summed E-state index contributed by atoms with van der Waals surface area (Å²) < 4.78 is 12.8. The summed E-state index contributed by atoms with van der Waals surface area (Å²) in [6.45, 7) is 0.186. The fourth-order valence-electron chi connectivity index (χ4n) is 1.45. The molecule has 1 aromatic heterocycles. The molecular formula is C12H12FN3OS. The Morgan fingerprint density at radius 3 is 2.78 bits per heavy atom. The third-order valence-electron chi connectivity index (χ3n) is 2.33. The zero-order valence-corrected chi connectivity index (χ0v) is 10.6. The summed E-state index contributed by atoms with van der Waals surface area (Å²) >= 11 is 1.36. The van der Waals surface area contributed by atoms with E-state index in [0.29, 0.717) is 5.13 Å². The highest BCUT2D eigenvalue weighted by atomic mass is 32.1. The van der Waals surface area contributed by atoms with Gasteiger partial charge in [-0.15, -0.1) is 11.3 Å². The third kappa shape index (κ3) is 3.27. The Balaban J connectivity index is 1.92. The standard InChI is InChI=1S/C12H12FN3OS/c1-16(10-4-2-9(13)3-5-10)8-11(17)15-12-14-6-7-18-12/h2-7H,8H2,1H3,(H,14,15,17). The van der Waals surface area contributed by atoms with E-state index in [1.807, 2.05) is 0 Å². The molecule has 0 atom stereocenters. The third-order valence-corrected chi connectivity index (χ3v) is 3.02. The van der Waals surface area contributed by atoms with Crippen LogP contribution in [-0.4, -0.2) is 24.5 Å². The van der Waals surface area contributed by atoms with E-state index in [1.165, 1.54) is 23.5 Å². The summed E-state index contributed by atoms with van der Waals surface area (Å²) in [5.74, 6) is -0.448. The van der Waals surface area contributed by atoms with E-state index >= 15 is 0 Å². The fourth-order valence-corrected chi connectivity index (χ4v) is 1.99. The van der Waals surface area contributed by atoms with E-state index < -0.39 is 0 Å². The number of nitrogens with zero attached hydrogens (tertiary/aromatic N) is 2. The first kappa shape index (κ1) is 12.5. The van der Waals surface area contributed by atoms with Crippen molar-refractivity contribution in [3.05, 3.63) is 41.7 Å². The topological polar surface area (TPSA) is 45.2 Å². The monoisotopic (exact) mass is 265 g/mol. The number of nitrogens with one attached hydrogen (secondary N) is 1. The Hall–Kier alpha value is -1.95. The second-order valence-electron chi connectivity index (χ2n) is 3.72. The molecule has 0 fully saturated rings. The maximum atomic E-state index is 12.8. The Kier molecular flexibility index (Phi) is 3.88. The molecule has 0 aliphatic carbocycles. The quantitative estimate of drug-likeness (QED) is 0.923. The van der Waals surface area contributed by atoms with Crippen LogP contribution in [0.3, 0.4) is 0 Å². The van der Waals surface area contributed by atoms with Crippen LogP contribution in [0.5, 0.6) is 0 Å². The van der Waals surface area contributed by atoms with Crippen molar-refractivity contribution in [1.82, 2.24) is 4.98 Å². The van der Waals surface area contributed by atoms with Crippen molar-refractivity contribution < 1.29 is 9.18 Å². The normalized spacial score (nSPS) is 10.1. The lowest BCUT2D eigenvalue weighted by molar-refractivity contribution is -0.114. The van der Waals surface area contributed by atoms with Crippen LogP contribution < -0.4 is 10.2 Å². The van der Waals surface area contributed by atoms with Crippen molar-refractivity contribution in [2.45, 2.75) is 0 Å². The predicted molar refractivity (Wildman–Crippen MR) is 70.4 cm³/mol. The molecule has 0 bridgehead atoms. The fraction of sp³-hybridized carbons (Fsp3) is 0.167. The van der Waals surface area contributed by atoms with E-state index in [4.69, 9.17) is 0 Å². The molecule has 1 amide bonds. The van der Waals surface area contributed by atoms with Crippen molar-refractivity contribution in [3.63, 3.8) is 0 Å². The first-order valence-electron chi connectivity index (χ1n) is 5.31. The molecule has 1 N–H and O–H groups in total. The van der Waals surface area contributed by atoms with E-state index in [-0.39, 0.29) is 18.3 Å². The van der Waals surface area contributed by atoms with Crippen molar-refractivity contribution in [2.75, 3.05) is 23.8 Å². The number of benzene rings is 1. The van der Waals surface area contributed by atoms with Crippen LogP contribution in [0, 0.1) is 5.82 Å². The summed E-state index contributed by atoms with van der Waals surface area (Å²) in [5, 5.41) is 5.05. The average Bonchev–Trinajstić information content (AvgIpc) is 2.82. The lowest BCUT2D eigenvalue weighted by Crippen LogP contribution is -2.29. The highest BCUT2D eigenvalue weighted by Gasteiger charge is 2.08. The number of carbonyl (C=O) groups is 1. The average molecular weight is 265 g/mol. The smallest absolute Gasteiger partial charge is 0.245 e. The Morgan fingerprint density at radius 2 is 2.17 bits per heavy atom. The zero-order valence-electron chi connectivity index (χ0n) is 9.76. The van der Waals surface area contributed by atoms with Crippen molar-refractivity contribution in [2.24, 2.45) is 0 Å². The van der Waals surface area contributed by atoms with Crippen LogP contribution in [0.4, 0.5) is 15.2 Å². The lowest BCUT2D eigenvalue weighted by Gasteiger charge is -2.18. The predicted octanol–water partition coefficient (Wildman–Crippen LogP) is 2.36. The van der Waals surface area contributed by atoms with Crippen LogP contribution in [-0.2, 0) is 4.79 Å². The molecule has 0 radical (unpaired) electrons. The number of aromatic nitrogens is 1. The molecule has 0 unspecified atom stereocenters. The molecule has 1 heterocycles. The van der Waals surface area contributed by atoms with E-state index in [2.05, 4.69) is 10.3 Å². The van der Waals surface area contributed by atoms with E-state index in [0.717, 1.165) is 5.69 Å². The van der Waals surface area contributed by atoms with Gasteiger partial charge in [0.25, 0.3) is 0 Å². The van der Waals surface area contributed by atoms with E-state index in [1.54, 1.807) is 35.7 Å². The molecule has 2 rings (SSSR count). The van der Waals surface area contributed by atoms with Gasteiger partial charge in [0.05, 0.1) is 6.54 Å². The summed E-state index contributed by atoms with van der Waals surface area (Å²) in [6.07, 6.45) is 1.63. The van der Waals surface area contributed by atoms with Crippen molar-refractivity contribution >= 4 is 28.1 Å². The summed E-state index contributed by atoms with van der Waals surface area (Å²) in [7, 11) is 1.77.